The van der Waals surface area contributed by atoms with E-state index in [0.29, 0.717) is 6.54 Å². The first-order valence-electron chi connectivity index (χ1n) is 6.88. The summed E-state index contributed by atoms with van der Waals surface area (Å²) in [6, 6.07) is 9.49. The molecule has 0 unspecified atom stereocenters. The molecule has 0 saturated carbocycles. The van der Waals surface area contributed by atoms with E-state index in [0.717, 1.165) is 23.0 Å². The lowest BCUT2D eigenvalue weighted by Crippen LogP contribution is -2.25. The predicted octanol–water partition coefficient (Wildman–Crippen LogP) is 2.36. The summed E-state index contributed by atoms with van der Waals surface area (Å²) in [6.45, 7) is 5.08. The topological polar surface area (TPSA) is 54.3 Å². The van der Waals surface area contributed by atoms with Crippen molar-refractivity contribution in [3.8, 4) is 0 Å². The van der Waals surface area contributed by atoms with Crippen LogP contribution in [0.15, 0.2) is 35.1 Å². The van der Waals surface area contributed by atoms with Crippen molar-refractivity contribution < 1.29 is 5.11 Å². The van der Waals surface area contributed by atoms with Crippen LogP contribution in [0, 0.1) is 5.41 Å². The number of nitrogens with one attached hydrogen (secondary N) is 1. The monoisotopic (exact) mass is 274 g/mol. The molecule has 0 saturated heterocycles. The number of hydrogen-bond acceptors (Lipinski definition) is 3. The number of aliphatic hydroxyl groups is 1. The molecule has 1 aromatic heterocycles. The Kier molecular flexibility index (Phi) is 4.14. The number of nitrogens with zero attached hydrogens (tertiary/aromatic N) is 1. The highest BCUT2D eigenvalue weighted by molar-refractivity contribution is 5.91. The summed E-state index contributed by atoms with van der Waals surface area (Å²) in [7, 11) is 1.78. The fourth-order valence-electron chi connectivity index (χ4n) is 2.28. The molecular formula is C16H22N2O2. The first-order valence-corrected chi connectivity index (χ1v) is 6.88. The Hall–Kier alpha value is -1.81. The fraction of sp³-hybridized carbons (Fsp3) is 0.438. The van der Waals surface area contributed by atoms with Gasteiger partial charge in [-0.1, -0.05) is 32.0 Å². The van der Waals surface area contributed by atoms with Crippen LogP contribution in [0.4, 0.5) is 5.69 Å². The van der Waals surface area contributed by atoms with E-state index < -0.39 is 0 Å². The van der Waals surface area contributed by atoms with Gasteiger partial charge in [-0.3, -0.25) is 4.79 Å². The molecule has 1 aromatic carbocycles. The van der Waals surface area contributed by atoms with Crippen LogP contribution in [0.2, 0.25) is 0 Å². The average molecular weight is 274 g/mol. The Bertz CT molecular complexity index is 659. The molecule has 2 N–H and O–H groups in total. The number of hydrogen-bond donors (Lipinski definition) is 2. The number of aromatic nitrogens is 1. The second kappa shape index (κ2) is 5.67. The molecular weight excluding hydrogens is 252 g/mol. The van der Waals surface area contributed by atoms with Crippen LogP contribution >= 0.6 is 0 Å². The number of fused-ring (bicyclic) bond motifs is 1. The van der Waals surface area contributed by atoms with Crippen molar-refractivity contribution in [3.05, 3.63) is 40.7 Å². The SMILES string of the molecule is Cn1c(=O)cc(NCC(C)(C)CCO)c2ccccc21. The molecule has 108 valence electrons. The van der Waals surface area contributed by atoms with Crippen molar-refractivity contribution >= 4 is 16.6 Å². The molecule has 0 spiro atoms. The van der Waals surface area contributed by atoms with Gasteiger partial charge in [0.15, 0.2) is 0 Å². The predicted molar refractivity (Wildman–Crippen MR) is 83.2 cm³/mol. The molecule has 1 heterocycles. The molecule has 0 fully saturated rings. The van der Waals surface area contributed by atoms with E-state index in [1.807, 2.05) is 24.3 Å². The number of anilines is 1. The van der Waals surface area contributed by atoms with Crippen LogP contribution in [0.1, 0.15) is 20.3 Å². The van der Waals surface area contributed by atoms with Crippen LogP contribution in [-0.4, -0.2) is 22.8 Å². The molecule has 4 nitrogen and oxygen atoms in total. The lowest BCUT2D eigenvalue weighted by molar-refractivity contribution is 0.220. The van der Waals surface area contributed by atoms with Crippen molar-refractivity contribution in [2.45, 2.75) is 20.3 Å². The zero-order chi connectivity index (χ0) is 14.8. The van der Waals surface area contributed by atoms with Crippen LogP contribution in [-0.2, 0) is 7.05 Å². The summed E-state index contributed by atoms with van der Waals surface area (Å²) < 4.78 is 1.65. The molecule has 0 amide bonds. The largest absolute Gasteiger partial charge is 0.396 e. The third kappa shape index (κ3) is 3.02. The van der Waals surface area contributed by atoms with Gasteiger partial charge in [0.1, 0.15) is 0 Å². The Morgan fingerprint density at radius 3 is 2.70 bits per heavy atom. The minimum atomic E-state index is -0.0221. The number of para-hydroxylation sites is 1. The molecule has 4 heteroatoms. The molecule has 0 radical (unpaired) electrons. The Morgan fingerprint density at radius 1 is 1.30 bits per heavy atom. The van der Waals surface area contributed by atoms with E-state index in [1.165, 1.54) is 0 Å². The van der Waals surface area contributed by atoms with Crippen molar-refractivity contribution in [1.82, 2.24) is 4.57 Å². The number of rotatable bonds is 5. The number of aryl methyl sites for hydroxylation is 1. The van der Waals surface area contributed by atoms with Gasteiger partial charge in [-0.05, 0) is 17.9 Å². The molecule has 0 aliphatic carbocycles. The summed E-state index contributed by atoms with van der Waals surface area (Å²) in [5, 5.41) is 13.5. The summed E-state index contributed by atoms with van der Waals surface area (Å²) in [5.41, 5.74) is 1.74. The highest BCUT2D eigenvalue weighted by Gasteiger charge is 2.17. The van der Waals surface area contributed by atoms with E-state index in [2.05, 4.69) is 19.2 Å². The normalized spacial score (nSPS) is 11.8. The van der Waals surface area contributed by atoms with Crippen molar-refractivity contribution in [2.75, 3.05) is 18.5 Å². The van der Waals surface area contributed by atoms with Gasteiger partial charge in [-0.2, -0.15) is 0 Å². The Labute approximate surface area is 119 Å². The number of benzene rings is 1. The molecule has 2 rings (SSSR count). The van der Waals surface area contributed by atoms with E-state index in [1.54, 1.807) is 17.7 Å². The van der Waals surface area contributed by atoms with Gasteiger partial charge in [0.2, 0.25) is 0 Å². The van der Waals surface area contributed by atoms with E-state index in [-0.39, 0.29) is 17.6 Å². The maximum atomic E-state index is 12.0. The van der Waals surface area contributed by atoms with Crippen LogP contribution in [0.25, 0.3) is 10.9 Å². The third-order valence-corrected chi connectivity index (χ3v) is 3.70. The quantitative estimate of drug-likeness (QED) is 0.880. The molecule has 0 bridgehead atoms. The standard InChI is InChI=1S/C16H22N2O2/c1-16(2,8-9-19)11-17-13-10-15(20)18(3)14-7-5-4-6-12(13)14/h4-7,10,17,19H,8-9,11H2,1-3H3. The van der Waals surface area contributed by atoms with Crippen molar-refractivity contribution in [2.24, 2.45) is 12.5 Å². The Balaban J connectivity index is 2.36. The summed E-state index contributed by atoms with van der Waals surface area (Å²) in [4.78, 5) is 12.0. The first kappa shape index (κ1) is 14.6. The molecule has 2 aromatic rings. The summed E-state index contributed by atoms with van der Waals surface area (Å²) in [6.07, 6.45) is 0.725. The highest BCUT2D eigenvalue weighted by Crippen LogP contribution is 2.24. The summed E-state index contributed by atoms with van der Waals surface area (Å²) >= 11 is 0. The van der Waals surface area contributed by atoms with Gasteiger partial charge >= 0.3 is 0 Å². The average Bonchev–Trinajstić information content (AvgIpc) is 2.41. The third-order valence-electron chi connectivity index (χ3n) is 3.70. The number of aliphatic hydroxyl groups excluding tert-OH is 1. The van der Waals surface area contributed by atoms with E-state index in [9.17, 15) is 4.79 Å². The van der Waals surface area contributed by atoms with Crippen molar-refractivity contribution in [1.29, 1.82) is 0 Å². The summed E-state index contributed by atoms with van der Waals surface area (Å²) in [5.74, 6) is 0. The zero-order valence-electron chi connectivity index (χ0n) is 12.3. The second-order valence-corrected chi connectivity index (χ2v) is 5.96. The van der Waals surface area contributed by atoms with Crippen LogP contribution < -0.4 is 10.9 Å². The lowest BCUT2D eigenvalue weighted by Gasteiger charge is -2.25. The minimum Gasteiger partial charge on any atom is -0.396 e. The zero-order valence-corrected chi connectivity index (χ0v) is 12.3. The Morgan fingerprint density at radius 2 is 2.00 bits per heavy atom. The molecule has 0 atom stereocenters. The maximum absolute atomic E-state index is 12.0. The molecule has 0 aliphatic rings. The maximum Gasteiger partial charge on any atom is 0.252 e. The number of pyridine rings is 1. The van der Waals surface area contributed by atoms with Gasteiger partial charge in [0.05, 0.1) is 5.52 Å². The van der Waals surface area contributed by atoms with Crippen LogP contribution in [0.3, 0.4) is 0 Å². The van der Waals surface area contributed by atoms with Gasteiger partial charge in [-0.25, -0.2) is 0 Å². The van der Waals surface area contributed by atoms with Gasteiger partial charge < -0.3 is 15.0 Å². The minimum absolute atomic E-state index is 0.0169. The van der Waals surface area contributed by atoms with Gasteiger partial charge in [0, 0.05) is 37.3 Å². The first-order chi connectivity index (χ1) is 9.44. The highest BCUT2D eigenvalue weighted by atomic mass is 16.3. The van der Waals surface area contributed by atoms with E-state index in [4.69, 9.17) is 5.11 Å². The van der Waals surface area contributed by atoms with E-state index >= 15 is 0 Å². The van der Waals surface area contributed by atoms with Crippen molar-refractivity contribution in [3.63, 3.8) is 0 Å². The van der Waals surface area contributed by atoms with Gasteiger partial charge in [0.25, 0.3) is 5.56 Å². The fourth-order valence-corrected chi connectivity index (χ4v) is 2.28. The van der Waals surface area contributed by atoms with Crippen LogP contribution in [0.5, 0.6) is 0 Å². The molecule has 0 aliphatic heterocycles. The van der Waals surface area contributed by atoms with Gasteiger partial charge in [-0.15, -0.1) is 0 Å². The lowest BCUT2D eigenvalue weighted by atomic mass is 9.89. The second-order valence-electron chi connectivity index (χ2n) is 5.96. The smallest absolute Gasteiger partial charge is 0.252 e. The molecule has 20 heavy (non-hydrogen) atoms.